The maximum absolute atomic E-state index is 13.3. The van der Waals surface area contributed by atoms with E-state index in [4.69, 9.17) is 4.74 Å². The molecule has 5 nitrogen and oxygen atoms in total. The number of morpholine rings is 1. The van der Waals surface area contributed by atoms with E-state index in [1.54, 1.807) is 0 Å². The zero-order chi connectivity index (χ0) is 18.7. The highest BCUT2D eigenvalue weighted by Crippen LogP contribution is 2.44. The molecule has 2 aliphatic heterocycles. The fraction of sp³-hybridized carbons (Fsp3) is 0.682. The highest BCUT2D eigenvalue weighted by molar-refractivity contribution is 5.85. The number of amides is 1. The van der Waals surface area contributed by atoms with Crippen LogP contribution in [0.15, 0.2) is 24.3 Å². The number of ether oxygens (including phenoxy) is 1. The second-order valence-corrected chi connectivity index (χ2v) is 8.52. The number of carbonyl (C=O) groups is 1. The maximum atomic E-state index is 13.3. The van der Waals surface area contributed by atoms with E-state index in [2.05, 4.69) is 46.7 Å². The second-order valence-electron chi connectivity index (χ2n) is 8.52. The molecule has 2 N–H and O–H groups in total. The van der Waals surface area contributed by atoms with Gasteiger partial charge in [0, 0.05) is 26.2 Å². The zero-order valence-electron chi connectivity index (χ0n) is 17.3. The molecule has 1 aromatic rings. The molecular formula is C22H35Cl2N3O2. The van der Waals surface area contributed by atoms with E-state index in [0.29, 0.717) is 12.5 Å². The Morgan fingerprint density at radius 1 is 1.31 bits per heavy atom. The van der Waals surface area contributed by atoms with Gasteiger partial charge in [-0.1, -0.05) is 42.7 Å². The average molecular weight is 444 g/mol. The van der Waals surface area contributed by atoms with Gasteiger partial charge in [0.05, 0.1) is 24.7 Å². The minimum atomic E-state index is -0.180. The first-order chi connectivity index (χ1) is 13.2. The Bertz CT molecular complexity index is 669. The van der Waals surface area contributed by atoms with Gasteiger partial charge in [-0.25, -0.2) is 0 Å². The molecular weight excluding hydrogens is 409 g/mol. The highest BCUT2D eigenvalue weighted by Gasteiger charge is 2.49. The molecule has 1 unspecified atom stereocenters. The van der Waals surface area contributed by atoms with Gasteiger partial charge in [-0.2, -0.15) is 0 Å². The van der Waals surface area contributed by atoms with E-state index < -0.39 is 0 Å². The van der Waals surface area contributed by atoms with Crippen LogP contribution in [0.25, 0.3) is 0 Å². The molecule has 29 heavy (non-hydrogen) atoms. The predicted molar refractivity (Wildman–Crippen MR) is 121 cm³/mol. The summed E-state index contributed by atoms with van der Waals surface area (Å²) < 4.78 is 5.55. The molecule has 4 rings (SSSR count). The van der Waals surface area contributed by atoms with E-state index in [9.17, 15) is 4.79 Å². The van der Waals surface area contributed by atoms with Gasteiger partial charge in [0.2, 0.25) is 5.91 Å². The summed E-state index contributed by atoms with van der Waals surface area (Å²) in [5, 5.41) is 6.86. The smallest absolute Gasteiger partial charge is 0.227 e. The Kier molecular flexibility index (Phi) is 9.23. The van der Waals surface area contributed by atoms with Crippen LogP contribution in [0.3, 0.4) is 0 Å². The van der Waals surface area contributed by atoms with Gasteiger partial charge in [-0.05, 0) is 37.8 Å². The van der Waals surface area contributed by atoms with Crippen molar-refractivity contribution in [1.29, 1.82) is 0 Å². The standard InChI is InChI=1S/C22H33N3O2.2ClH/c1-17-5-4-6-18(13-17)20(25-9-11-27-12-10-25)15-24-21(26)22-8-3-2-7-19(22)14-23-16-22;;/h4-6,13,19-20,23H,2-3,7-12,14-16H2,1H3,(H,24,26);2*1H/t19-,20?,22+;;/m0../s1. The van der Waals surface area contributed by atoms with Crippen molar-refractivity contribution in [3.63, 3.8) is 0 Å². The van der Waals surface area contributed by atoms with Gasteiger partial charge >= 0.3 is 0 Å². The second kappa shape index (κ2) is 11.0. The number of benzene rings is 1. The van der Waals surface area contributed by atoms with Crippen LogP contribution in [-0.2, 0) is 9.53 Å². The number of rotatable bonds is 5. The van der Waals surface area contributed by atoms with Gasteiger partial charge < -0.3 is 15.4 Å². The van der Waals surface area contributed by atoms with Gasteiger partial charge in [0.15, 0.2) is 0 Å². The van der Waals surface area contributed by atoms with Crippen LogP contribution < -0.4 is 10.6 Å². The van der Waals surface area contributed by atoms with Crippen LogP contribution in [0.2, 0.25) is 0 Å². The minimum Gasteiger partial charge on any atom is -0.379 e. The number of nitrogens with zero attached hydrogens (tertiary/aromatic N) is 1. The Balaban J connectivity index is 0.00000150. The van der Waals surface area contributed by atoms with Crippen LogP contribution in [0, 0.1) is 18.3 Å². The maximum Gasteiger partial charge on any atom is 0.227 e. The van der Waals surface area contributed by atoms with Crippen molar-refractivity contribution in [3.05, 3.63) is 35.4 Å². The van der Waals surface area contributed by atoms with Gasteiger partial charge in [0.25, 0.3) is 0 Å². The number of nitrogens with one attached hydrogen (secondary N) is 2. The summed E-state index contributed by atoms with van der Waals surface area (Å²) in [6.45, 7) is 8.03. The third kappa shape index (κ3) is 5.26. The van der Waals surface area contributed by atoms with Crippen molar-refractivity contribution in [1.82, 2.24) is 15.5 Å². The first-order valence-corrected chi connectivity index (χ1v) is 10.6. The van der Waals surface area contributed by atoms with Gasteiger partial charge in [-0.3, -0.25) is 9.69 Å². The molecule has 7 heteroatoms. The van der Waals surface area contributed by atoms with Crippen LogP contribution in [-0.4, -0.2) is 56.7 Å². The molecule has 164 valence electrons. The summed E-state index contributed by atoms with van der Waals surface area (Å²) in [6, 6.07) is 8.92. The van der Waals surface area contributed by atoms with Crippen molar-refractivity contribution in [2.24, 2.45) is 11.3 Å². The Morgan fingerprint density at radius 3 is 2.86 bits per heavy atom. The van der Waals surface area contributed by atoms with Crippen molar-refractivity contribution in [2.75, 3.05) is 45.9 Å². The molecule has 0 bridgehead atoms. The summed E-state index contributed by atoms with van der Waals surface area (Å²) in [5.74, 6) is 0.773. The molecule has 3 aliphatic rings. The van der Waals surface area contributed by atoms with Crippen molar-refractivity contribution in [2.45, 2.75) is 38.6 Å². The quantitative estimate of drug-likeness (QED) is 0.733. The van der Waals surface area contributed by atoms with E-state index in [1.807, 2.05) is 0 Å². The lowest BCUT2D eigenvalue weighted by atomic mass is 9.67. The molecule has 1 saturated carbocycles. The monoisotopic (exact) mass is 443 g/mol. The van der Waals surface area contributed by atoms with Crippen LogP contribution >= 0.6 is 24.8 Å². The number of carbonyl (C=O) groups excluding carboxylic acids is 1. The van der Waals surface area contributed by atoms with Gasteiger partial charge in [0.1, 0.15) is 0 Å². The molecule has 3 fully saturated rings. The first-order valence-electron chi connectivity index (χ1n) is 10.6. The molecule has 3 atom stereocenters. The molecule has 0 spiro atoms. The summed E-state index contributed by atoms with van der Waals surface area (Å²) in [6.07, 6.45) is 4.66. The average Bonchev–Trinajstić information content (AvgIpc) is 3.14. The summed E-state index contributed by atoms with van der Waals surface area (Å²) >= 11 is 0. The van der Waals surface area contributed by atoms with E-state index in [1.165, 1.54) is 30.4 Å². The van der Waals surface area contributed by atoms with E-state index >= 15 is 0 Å². The number of fused-ring (bicyclic) bond motifs is 1. The number of aryl methyl sites for hydroxylation is 1. The predicted octanol–water partition coefficient (Wildman–Crippen LogP) is 3.11. The molecule has 0 radical (unpaired) electrons. The molecule has 2 saturated heterocycles. The van der Waals surface area contributed by atoms with E-state index in [-0.39, 0.29) is 42.2 Å². The summed E-state index contributed by atoms with van der Waals surface area (Å²) in [5.41, 5.74) is 2.38. The minimum absolute atomic E-state index is 0. The number of halogens is 2. The third-order valence-electron chi connectivity index (χ3n) is 6.86. The first kappa shape index (κ1) is 24.4. The van der Waals surface area contributed by atoms with E-state index in [0.717, 1.165) is 45.8 Å². The lowest BCUT2D eigenvalue weighted by molar-refractivity contribution is -0.134. The normalized spacial score (nSPS) is 27.8. The largest absolute Gasteiger partial charge is 0.379 e. The zero-order valence-corrected chi connectivity index (χ0v) is 19.0. The molecule has 1 aliphatic carbocycles. The third-order valence-corrected chi connectivity index (χ3v) is 6.86. The van der Waals surface area contributed by atoms with Crippen LogP contribution in [0.1, 0.15) is 42.9 Å². The Labute approximate surface area is 187 Å². The molecule has 1 aromatic carbocycles. The summed E-state index contributed by atoms with van der Waals surface area (Å²) in [4.78, 5) is 15.8. The molecule has 0 aromatic heterocycles. The Morgan fingerprint density at radius 2 is 2.10 bits per heavy atom. The van der Waals surface area contributed by atoms with Crippen LogP contribution in [0.4, 0.5) is 0 Å². The number of hydrogen-bond donors (Lipinski definition) is 2. The van der Waals surface area contributed by atoms with Crippen molar-refractivity contribution >= 4 is 30.7 Å². The lowest BCUT2D eigenvalue weighted by Crippen LogP contribution is -2.50. The van der Waals surface area contributed by atoms with Crippen molar-refractivity contribution in [3.8, 4) is 0 Å². The SMILES string of the molecule is Cc1cccc(C(CNC(=O)[C@@]23CCCC[C@H]2CNC3)N2CCOCC2)c1.Cl.Cl. The number of hydrogen-bond acceptors (Lipinski definition) is 4. The van der Waals surface area contributed by atoms with Gasteiger partial charge in [-0.15, -0.1) is 24.8 Å². The van der Waals surface area contributed by atoms with Crippen molar-refractivity contribution < 1.29 is 9.53 Å². The Hall–Kier alpha value is -0.850. The van der Waals surface area contributed by atoms with Crippen LogP contribution in [0.5, 0.6) is 0 Å². The fourth-order valence-corrected chi connectivity index (χ4v) is 5.28. The topological polar surface area (TPSA) is 53.6 Å². The lowest BCUT2D eigenvalue weighted by Gasteiger charge is -2.39. The highest BCUT2D eigenvalue weighted by atomic mass is 35.5. The molecule has 2 heterocycles. The summed E-state index contributed by atoms with van der Waals surface area (Å²) in [7, 11) is 0. The fourth-order valence-electron chi connectivity index (χ4n) is 5.28. The molecule has 1 amide bonds.